The maximum Gasteiger partial charge on any atom is 0.170 e. The van der Waals surface area contributed by atoms with Crippen LogP contribution in [0, 0.1) is 0 Å². The molecule has 0 amide bonds. The van der Waals surface area contributed by atoms with Gasteiger partial charge in [0.15, 0.2) is 6.29 Å². The number of carbonyl (C=O) groups excluding carboxylic acids is 2. The lowest BCUT2D eigenvalue weighted by molar-refractivity contribution is -0.118. The summed E-state index contributed by atoms with van der Waals surface area (Å²) in [5.74, 6) is 1.08. The Morgan fingerprint density at radius 1 is 1.17 bits per heavy atom. The van der Waals surface area contributed by atoms with Gasteiger partial charge in [0.2, 0.25) is 0 Å². The first-order valence-electron chi connectivity index (χ1n) is 11.1. The Labute approximate surface area is 180 Å². The van der Waals surface area contributed by atoms with E-state index in [4.69, 9.17) is 0 Å². The molecule has 0 saturated heterocycles. The van der Waals surface area contributed by atoms with Gasteiger partial charge in [0.05, 0.1) is 0 Å². The van der Waals surface area contributed by atoms with Crippen LogP contribution in [0.2, 0.25) is 0 Å². The van der Waals surface area contributed by atoms with E-state index in [1.54, 1.807) is 0 Å². The van der Waals surface area contributed by atoms with Crippen molar-refractivity contribution in [3.8, 4) is 11.4 Å². The Bertz CT molecular complexity index is 824. The number of aromatic nitrogens is 2. The maximum absolute atomic E-state index is 11.5. The van der Waals surface area contributed by atoms with Gasteiger partial charge in [-0.3, -0.25) is 9.59 Å². The van der Waals surface area contributed by atoms with Gasteiger partial charge in [-0.15, -0.1) is 0 Å². The number of unbranched alkanes of at least 4 members (excludes halogenated alkanes) is 4. The first-order valence-corrected chi connectivity index (χ1v) is 11.1. The van der Waals surface area contributed by atoms with Gasteiger partial charge in [0.25, 0.3) is 0 Å². The summed E-state index contributed by atoms with van der Waals surface area (Å²) in [4.78, 5) is 30.7. The molecule has 2 rings (SSSR count). The summed E-state index contributed by atoms with van der Waals surface area (Å²) in [5.41, 5.74) is 3.51. The largest absolute Gasteiger partial charge is 0.341 e. The van der Waals surface area contributed by atoms with Crippen molar-refractivity contribution in [1.82, 2.24) is 15.3 Å². The van der Waals surface area contributed by atoms with Crippen LogP contribution < -0.4 is 5.32 Å². The number of hydrogen-bond donors (Lipinski definition) is 2. The highest BCUT2D eigenvalue weighted by atomic mass is 16.1. The standard InChI is InChI=1S/C25H35N3O2/c1-3-22(30)15-8-4-5-9-16-23-24(19-29)28-25(27-23)21-14-11-13-20(18-21)12-7-6-10-17-26-2/h7,11-14,18-19,26H,3-6,8-10,15-17H2,1-2H3,(H,27,28)/b12-7-. The monoisotopic (exact) mass is 409 g/mol. The number of nitrogens with one attached hydrogen (secondary N) is 2. The maximum atomic E-state index is 11.5. The molecule has 5 nitrogen and oxygen atoms in total. The number of nitrogens with zero attached hydrogens (tertiary/aromatic N) is 1. The molecule has 0 atom stereocenters. The molecular formula is C25H35N3O2. The molecule has 162 valence electrons. The van der Waals surface area contributed by atoms with Crippen LogP contribution in [0.25, 0.3) is 17.5 Å². The molecule has 0 aliphatic rings. The van der Waals surface area contributed by atoms with Crippen molar-refractivity contribution < 1.29 is 9.59 Å². The Morgan fingerprint density at radius 3 is 2.77 bits per heavy atom. The van der Waals surface area contributed by atoms with Crippen LogP contribution in [-0.4, -0.2) is 35.6 Å². The molecule has 1 heterocycles. The third-order valence-corrected chi connectivity index (χ3v) is 5.22. The molecule has 5 heteroatoms. The molecule has 0 saturated carbocycles. The van der Waals surface area contributed by atoms with E-state index in [1.807, 2.05) is 26.1 Å². The molecule has 0 aliphatic carbocycles. The average molecular weight is 410 g/mol. The second-order valence-electron chi connectivity index (χ2n) is 7.65. The van der Waals surface area contributed by atoms with Gasteiger partial charge in [-0.2, -0.15) is 0 Å². The van der Waals surface area contributed by atoms with Gasteiger partial charge in [-0.25, -0.2) is 4.98 Å². The Balaban J connectivity index is 1.92. The highest BCUT2D eigenvalue weighted by Crippen LogP contribution is 2.21. The molecule has 1 aromatic heterocycles. The number of carbonyl (C=O) groups is 2. The lowest BCUT2D eigenvalue weighted by Gasteiger charge is -2.01. The van der Waals surface area contributed by atoms with Gasteiger partial charge in [-0.1, -0.05) is 50.1 Å². The number of ketones is 1. The van der Waals surface area contributed by atoms with Crippen LogP contribution in [0.1, 0.15) is 80.0 Å². The third kappa shape index (κ3) is 8.07. The molecule has 2 N–H and O–H groups in total. The first kappa shape index (κ1) is 23.7. The number of H-pyrrole nitrogens is 1. The summed E-state index contributed by atoms with van der Waals surface area (Å²) in [7, 11) is 1.97. The minimum atomic E-state index is 0.339. The van der Waals surface area contributed by atoms with E-state index >= 15 is 0 Å². The van der Waals surface area contributed by atoms with E-state index in [2.05, 4.69) is 39.6 Å². The normalized spacial score (nSPS) is 11.3. The number of allylic oxidation sites excluding steroid dienone is 1. The molecule has 0 spiro atoms. The zero-order valence-electron chi connectivity index (χ0n) is 18.4. The average Bonchev–Trinajstić information content (AvgIpc) is 3.19. The van der Waals surface area contributed by atoms with Crippen molar-refractivity contribution in [3.05, 3.63) is 47.3 Å². The number of benzene rings is 1. The number of hydrogen-bond acceptors (Lipinski definition) is 4. The summed E-state index contributed by atoms with van der Waals surface area (Å²) in [6, 6.07) is 8.20. The summed E-state index contributed by atoms with van der Waals surface area (Å²) in [5, 5.41) is 3.15. The van der Waals surface area contributed by atoms with Crippen molar-refractivity contribution in [2.24, 2.45) is 0 Å². The summed E-state index contributed by atoms with van der Waals surface area (Å²) in [6.45, 7) is 2.93. The molecule has 0 unspecified atom stereocenters. The van der Waals surface area contributed by atoms with Crippen LogP contribution in [0.15, 0.2) is 30.3 Å². The summed E-state index contributed by atoms with van der Waals surface area (Å²) >= 11 is 0. The van der Waals surface area contributed by atoms with Crippen LogP contribution in [0.3, 0.4) is 0 Å². The molecule has 2 aromatic rings. The summed E-state index contributed by atoms with van der Waals surface area (Å²) < 4.78 is 0. The zero-order chi connectivity index (χ0) is 21.6. The van der Waals surface area contributed by atoms with Crippen molar-refractivity contribution >= 4 is 18.1 Å². The first-order chi connectivity index (χ1) is 14.7. The highest BCUT2D eigenvalue weighted by molar-refractivity contribution is 5.78. The number of aryl methyl sites for hydroxylation is 1. The lowest BCUT2D eigenvalue weighted by atomic mass is 10.1. The fraction of sp³-hybridized carbons (Fsp3) is 0.480. The van der Waals surface area contributed by atoms with Gasteiger partial charge in [0, 0.05) is 24.1 Å². The number of aromatic amines is 1. The highest BCUT2D eigenvalue weighted by Gasteiger charge is 2.11. The van der Waals surface area contributed by atoms with E-state index in [9.17, 15) is 9.59 Å². The predicted molar refractivity (Wildman–Crippen MR) is 124 cm³/mol. The number of Topliss-reactive ketones (excluding diaryl/α,β-unsaturated/α-hetero) is 1. The van der Waals surface area contributed by atoms with Gasteiger partial charge >= 0.3 is 0 Å². The Morgan fingerprint density at radius 2 is 2.00 bits per heavy atom. The van der Waals surface area contributed by atoms with Crippen molar-refractivity contribution in [1.29, 1.82) is 0 Å². The van der Waals surface area contributed by atoms with Crippen LogP contribution in [0.5, 0.6) is 0 Å². The van der Waals surface area contributed by atoms with E-state index in [0.29, 0.717) is 24.3 Å². The van der Waals surface area contributed by atoms with Crippen molar-refractivity contribution in [2.45, 2.75) is 64.7 Å². The zero-order valence-corrected chi connectivity index (χ0v) is 18.4. The van der Waals surface area contributed by atoms with E-state index in [1.165, 1.54) is 0 Å². The second kappa shape index (κ2) is 13.6. The fourth-order valence-electron chi connectivity index (χ4n) is 3.41. The topological polar surface area (TPSA) is 74.8 Å². The molecular weight excluding hydrogens is 374 g/mol. The predicted octanol–water partition coefficient (Wildman–Crippen LogP) is 5.37. The van der Waals surface area contributed by atoms with Gasteiger partial charge < -0.3 is 10.3 Å². The number of rotatable bonds is 15. The van der Waals surface area contributed by atoms with Crippen LogP contribution in [-0.2, 0) is 11.2 Å². The molecule has 0 bridgehead atoms. The van der Waals surface area contributed by atoms with Crippen LogP contribution >= 0.6 is 0 Å². The lowest BCUT2D eigenvalue weighted by Crippen LogP contribution is -2.06. The fourth-order valence-corrected chi connectivity index (χ4v) is 3.41. The molecule has 30 heavy (non-hydrogen) atoms. The van der Waals surface area contributed by atoms with Crippen LogP contribution in [0.4, 0.5) is 0 Å². The third-order valence-electron chi connectivity index (χ3n) is 5.22. The van der Waals surface area contributed by atoms with Crippen molar-refractivity contribution in [2.75, 3.05) is 13.6 Å². The van der Waals surface area contributed by atoms with E-state index in [-0.39, 0.29) is 0 Å². The smallest absolute Gasteiger partial charge is 0.170 e. The SMILES string of the molecule is CCC(=O)CCCCCCc1[nH]c(-c2cccc(/C=C\CCCNC)c2)nc1C=O. The van der Waals surface area contributed by atoms with E-state index in [0.717, 1.165) is 80.4 Å². The minimum absolute atomic E-state index is 0.339. The Kier molecular flexibility index (Phi) is 10.8. The second-order valence-corrected chi connectivity index (χ2v) is 7.65. The molecule has 0 fully saturated rings. The molecule has 0 aliphatic heterocycles. The quantitative estimate of drug-likeness (QED) is 0.306. The number of imidazole rings is 1. The summed E-state index contributed by atoms with van der Waals surface area (Å²) in [6.07, 6.45) is 13.5. The van der Waals surface area contributed by atoms with Gasteiger partial charge in [-0.05, 0) is 57.3 Å². The minimum Gasteiger partial charge on any atom is -0.341 e. The van der Waals surface area contributed by atoms with Gasteiger partial charge in [0.1, 0.15) is 17.3 Å². The molecule has 0 radical (unpaired) electrons. The van der Waals surface area contributed by atoms with Crippen molar-refractivity contribution in [3.63, 3.8) is 0 Å². The number of aldehydes is 1. The molecule has 1 aromatic carbocycles. The Hall–Kier alpha value is -2.53. The van der Waals surface area contributed by atoms with E-state index < -0.39 is 0 Å².